The largest absolute Gasteiger partial charge is 0.521 e. The normalized spacial score (nSPS) is 14.4. The molecule has 3 rings (SSSR count). The number of carbonyl (C=O) groups is 1. The van der Waals surface area contributed by atoms with Crippen molar-refractivity contribution in [1.29, 1.82) is 0 Å². The number of halogens is 3. The van der Waals surface area contributed by atoms with Gasteiger partial charge in [-0.15, -0.1) is 0 Å². The zero-order valence-electron chi connectivity index (χ0n) is 12.0. The third kappa shape index (κ3) is 3.31. The van der Waals surface area contributed by atoms with Crippen LogP contribution < -0.4 is 0 Å². The number of hydrogen-bond donors (Lipinski definition) is 1. The standard InChI is InChI=1S/C14H10F3N2O4.Re/c15-8-5-7(11(16)13(20)12(8)17)10-6-9(18-23-10)14(21)19-1-3-22-4-2-19;/h6,20H,1-4H2;/q-1;. The summed E-state index contributed by atoms with van der Waals surface area (Å²) in [5.74, 6) is -7.09. The fourth-order valence-electron chi connectivity index (χ4n) is 2.13. The molecule has 1 fully saturated rings. The summed E-state index contributed by atoms with van der Waals surface area (Å²) in [5, 5.41) is 12.7. The van der Waals surface area contributed by atoms with E-state index in [4.69, 9.17) is 9.26 Å². The molecule has 0 aliphatic carbocycles. The number of amides is 1. The van der Waals surface area contributed by atoms with Gasteiger partial charge >= 0.3 is 0 Å². The summed E-state index contributed by atoms with van der Waals surface area (Å²) in [6.45, 7) is 1.51. The van der Waals surface area contributed by atoms with E-state index in [1.54, 1.807) is 6.07 Å². The fourth-order valence-corrected chi connectivity index (χ4v) is 2.13. The molecule has 2 aromatic rings. The maximum Gasteiger partial charge on any atom is 0.275 e. The van der Waals surface area contributed by atoms with Gasteiger partial charge in [-0.3, -0.25) is 13.6 Å². The van der Waals surface area contributed by atoms with Gasteiger partial charge in [-0.2, -0.15) is 0 Å². The fraction of sp³-hybridized carbons (Fsp3) is 0.286. The molecule has 129 valence electrons. The molecule has 1 aromatic heterocycles. The van der Waals surface area contributed by atoms with Gasteiger partial charge in [0.25, 0.3) is 5.91 Å². The van der Waals surface area contributed by atoms with Gasteiger partial charge in [0, 0.05) is 33.5 Å². The molecule has 0 unspecified atom stereocenters. The minimum Gasteiger partial charge on any atom is -0.521 e. The molecule has 0 bridgehead atoms. The van der Waals surface area contributed by atoms with E-state index in [0.717, 1.165) is 6.07 Å². The molecule has 1 radical (unpaired) electrons. The molecule has 0 spiro atoms. The Labute approximate surface area is 147 Å². The number of phenolic OH excluding ortho intramolecular Hbond substituents is 1. The molecule has 10 heteroatoms. The first-order valence-corrected chi connectivity index (χ1v) is 6.62. The van der Waals surface area contributed by atoms with Crippen LogP contribution >= 0.6 is 0 Å². The second-order valence-corrected chi connectivity index (χ2v) is 4.77. The molecule has 0 atom stereocenters. The molecule has 6 nitrogen and oxygen atoms in total. The van der Waals surface area contributed by atoms with Crippen LogP contribution in [0.3, 0.4) is 0 Å². The summed E-state index contributed by atoms with van der Waals surface area (Å²) in [4.78, 5) is 13.6. The van der Waals surface area contributed by atoms with Crippen LogP contribution in [0.5, 0.6) is 5.75 Å². The summed E-state index contributed by atoms with van der Waals surface area (Å²) in [6.07, 6.45) is 0. The number of ether oxygens (including phenoxy) is 1. The zero-order valence-corrected chi connectivity index (χ0v) is 14.7. The van der Waals surface area contributed by atoms with Crippen LogP contribution in [0.25, 0.3) is 11.3 Å². The van der Waals surface area contributed by atoms with Gasteiger partial charge in [-0.1, -0.05) is 16.8 Å². The smallest absolute Gasteiger partial charge is 0.275 e. The topological polar surface area (TPSA) is 75.8 Å². The minimum atomic E-state index is -1.75. The van der Waals surface area contributed by atoms with Crippen molar-refractivity contribution in [3.63, 3.8) is 0 Å². The maximum absolute atomic E-state index is 13.8. The molecular weight excluding hydrogens is 503 g/mol. The predicted molar refractivity (Wildman–Crippen MR) is 69.0 cm³/mol. The maximum atomic E-state index is 13.8. The molecular formula is C14H10F3N2O4Re-. The third-order valence-electron chi connectivity index (χ3n) is 3.34. The van der Waals surface area contributed by atoms with Crippen LogP contribution in [0.2, 0.25) is 0 Å². The second-order valence-electron chi connectivity index (χ2n) is 4.77. The van der Waals surface area contributed by atoms with Crippen molar-refractivity contribution in [2.45, 2.75) is 0 Å². The Morgan fingerprint density at radius 3 is 2.58 bits per heavy atom. The number of rotatable bonds is 2. The molecule has 1 amide bonds. The molecule has 2 heterocycles. The Morgan fingerprint density at radius 1 is 1.25 bits per heavy atom. The molecule has 1 aliphatic heterocycles. The van der Waals surface area contributed by atoms with E-state index in [9.17, 15) is 23.1 Å². The van der Waals surface area contributed by atoms with Crippen molar-refractivity contribution in [2.75, 3.05) is 26.3 Å². The van der Waals surface area contributed by atoms with Crippen LogP contribution in [0.15, 0.2) is 10.6 Å². The Hall–Kier alpha value is -1.89. The van der Waals surface area contributed by atoms with Crippen molar-refractivity contribution in [2.24, 2.45) is 0 Å². The van der Waals surface area contributed by atoms with E-state index in [2.05, 4.69) is 5.16 Å². The number of aromatic hydroxyl groups is 1. The van der Waals surface area contributed by atoms with Crippen molar-refractivity contribution in [1.82, 2.24) is 10.1 Å². The van der Waals surface area contributed by atoms with Gasteiger partial charge < -0.3 is 19.3 Å². The van der Waals surface area contributed by atoms with Crippen LogP contribution in [-0.4, -0.2) is 47.4 Å². The summed E-state index contributed by atoms with van der Waals surface area (Å²) in [5.41, 5.74) is -0.783. The zero-order chi connectivity index (χ0) is 16.6. The van der Waals surface area contributed by atoms with E-state index >= 15 is 0 Å². The molecule has 1 aromatic carbocycles. The summed E-state index contributed by atoms with van der Waals surface area (Å²) >= 11 is 0. The Morgan fingerprint density at radius 2 is 1.92 bits per heavy atom. The number of hydrogen-bond acceptors (Lipinski definition) is 5. The van der Waals surface area contributed by atoms with Gasteiger partial charge in [0.1, 0.15) is 11.6 Å². The number of aromatic nitrogens is 1. The first-order chi connectivity index (χ1) is 11.0. The van der Waals surface area contributed by atoms with Gasteiger partial charge in [0.2, 0.25) is 0 Å². The monoisotopic (exact) mass is 514 g/mol. The molecule has 24 heavy (non-hydrogen) atoms. The Bertz CT molecular complexity index is 763. The van der Waals surface area contributed by atoms with Gasteiger partial charge in [0.15, 0.2) is 5.69 Å². The summed E-state index contributed by atoms with van der Waals surface area (Å²) < 4.78 is 50.0. The van der Waals surface area contributed by atoms with E-state index in [0.29, 0.717) is 26.3 Å². The van der Waals surface area contributed by atoms with Crippen molar-refractivity contribution in [3.05, 3.63) is 35.3 Å². The first kappa shape index (κ1) is 18.5. The average molecular weight is 513 g/mol. The number of benzene rings is 1. The van der Waals surface area contributed by atoms with Gasteiger partial charge in [-0.25, -0.2) is 4.39 Å². The number of nitrogens with zero attached hydrogens (tertiary/aromatic N) is 2. The third-order valence-corrected chi connectivity index (χ3v) is 3.34. The van der Waals surface area contributed by atoms with Gasteiger partial charge in [0.05, 0.1) is 30.6 Å². The molecule has 1 N–H and O–H groups in total. The van der Waals surface area contributed by atoms with Crippen LogP contribution in [0.4, 0.5) is 13.2 Å². The van der Waals surface area contributed by atoms with Gasteiger partial charge in [-0.05, 0) is 6.07 Å². The number of carbonyl (C=O) groups excluding carboxylic acids is 1. The van der Waals surface area contributed by atoms with E-state index in [1.807, 2.05) is 0 Å². The van der Waals surface area contributed by atoms with E-state index < -0.39 is 34.7 Å². The predicted octanol–water partition coefficient (Wildman–Crippen LogP) is 1.73. The average Bonchev–Trinajstić information content (AvgIpc) is 3.06. The quantitative estimate of drug-likeness (QED) is 0.489. The summed E-state index contributed by atoms with van der Waals surface area (Å²) in [6, 6.07) is 2.85. The van der Waals surface area contributed by atoms with Crippen LogP contribution in [0.1, 0.15) is 10.5 Å². The van der Waals surface area contributed by atoms with Crippen molar-refractivity contribution < 1.29 is 52.8 Å². The Balaban J connectivity index is 0.00000208. The Kier molecular flexibility index (Phi) is 5.64. The van der Waals surface area contributed by atoms with Crippen LogP contribution in [0, 0.1) is 23.5 Å². The number of morpholine rings is 1. The molecule has 0 saturated carbocycles. The molecule has 1 aliphatic rings. The minimum absolute atomic E-state index is 0. The summed E-state index contributed by atoms with van der Waals surface area (Å²) in [7, 11) is 0. The van der Waals surface area contributed by atoms with Crippen molar-refractivity contribution >= 4 is 5.91 Å². The van der Waals surface area contributed by atoms with E-state index in [1.165, 1.54) is 4.90 Å². The molecule has 1 saturated heterocycles. The van der Waals surface area contributed by atoms with Crippen LogP contribution in [-0.2, 0) is 25.2 Å². The second kappa shape index (κ2) is 7.34. The van der Waals surface area contributed by atoms with Crippen molar-refractivity contribution in [3.8, 4) is 17.1 Å². The first-order valence-electron chi connectivity index (χ1n) is 6.62. The van der Waals surface area contributed by atoms with E-state index in [-0.39, 0.29) is 31.9 Å². The SMILES string of the molecule is O=C(c1cc(-c2[c-]c(F)c(F)c(O)c2F)on1)N1CCOCC1.[Re]. The number of phenols is 1.